The molecule has 0 heterocycles. The van der Waals surface area contributed by atoms with Crippen molar-refractivity contribution in [3.63, 3.8) is 0 Å². The molecule has 1 aromatic carbocycles. The number of rotatable bonds is 3. The molecule has 8 nitrogen and oxygen atoms in total. The van der Waals surface area contributed by atoms with Crippen LogP contribution in [0.1, 0.15) is 0 Å². The van der Waals surface area contributed by atoms with Crippen molar-refractivity contribution in [2.24, 2.45) is 0 Å². The molecule has 16 heavy (non-hydrogen) atoms. The van der Waals surface area contributed by atoms with Gasteiger partial charge < -0.3 is 10.5 Å². The van der Waals surface area contributed by atoms with Gasteiger partial charge in [-0.25, -0.2) is 0 Å². The Balaban J connectivity index is 3.61. The molecule has 0 aliphatic heterocycles. The van der Waals surface area contributed by atoms with E-state index >= 15 is 0 Å². The minimum Gasteiger partial charge on any atom is -0.494 e. The lowest BCUT2D eigenvalue weighted by Crippen LogP contribution is -2.06. The highest BCUT2D eigenvalue weighted by atomic mass is 32.2. The topological polar surface area (TPSA) is 133 Å². The third-order valence-corrected chi connectivity index (χ3v) is 2.69. The molecular weight excluding hydrogens is 240 g/mol. The van der Waals surface area contributed by atoms with E-state index in [1.807, 2.05) is 0 Å². The predicted molar refractivity (Wildman–Crippen MR) is 53.9 cm³/mol. The summed E-state index contributed by atoms with van der Waals surface area (Å²) in [5, 5.41) is 10.5. The first-order valence-corrected chi connectivity index (χ1v) is 5.30. The van der Waals surface area contributed by atoms with Gasteiger partial charge in [-0.15, -0.1) is 0 Å². The number of methoxy groups -OCH3 is 1. The molecule has 0 saturated carbocycles. The average Bonchev–Trinajstić information content (AvgIpc) is 2.15. The normalized spacial score (nSPS) is 11.1. The van der Waals surface area contributed by atoms with E-state index < -0.39 is 25.6 Å². The number of nitrogens with zero attached hydrogens (tertiary/aromatic N) is 1. The van der Waals surface area contributed by atoms with Gasteiger partial charge >= 0.3 is 0 Å². The standard InChI is InChI=1S/C7H8N2O6S/c1-15-5-2-4(9(10)11)3-6(7(5)8)16(12,13)14/h2-3H,8H2,1H3,(H,12,13,14). The Morgan fingerprint density at radius 3 is 2.44 bits per heavy atom. The summed E-state index contributed by atoms with van der Waals surface area (Å²) in [7, 11) is -3.46. The van der Waals surface area contributed by atoms with Crippen molar-refractivity contribution in [1.29, 1.82) is 0 Å². The molecule has 0 bridgehead atoms. The minimum atomic E-state index is -4.63. The molecule has 0 amide bonds. The molecule has 3 N–H and O–H groups in total. The zero-order chi connectivity index (χ0) is 12.5. The molecule has 0 saturated heterocycles. The minimum absolute atomic E-state index is 0.193. The van der Waals surface area contributed by atoms with Gasteiger partial charge in [0, 0.05) is 6.07 Å². The highest BCUT2D eigenvalue weighted by molar-refractivity contribution is 7.86. The molecule has 0 radical (unpaired) electrons. The molecule has 1 aromatic rings. The van der Waals surface area contributed by atoms with E-state index in [4.69, 9.17) is 10.3 Å². The first kappa shape index (κ1) is 12.2. The van der Waals surface area contributed by atoms with Gasteiger partial charge in [0.2, 0.25) is 0 Å². The Hall–Kier alpha value is -1.87. The summed E-state index contributed by atoms with van der Waals surface area (Å²) >= 11 is 0. The SMILES string of the molecule is COc1cc([N+](=O)[O-])cc(S(=O)(=O)O)c1N. The Bertz CT molecular complexity index is 538. The molecule has 0 aromatic heterocycles. The largest absolute Gasteiger partial charge is 0.494 e. The maximum Gasteiger partial charge on any atom is 0.296 e. The fourth-order valence-corrected chi connectivity index (χ4v) is 1.72. The van der Waals surface area contributed by atoms with Crippen LogP contribution in [0, 0.1) is 10.1 Å². The van der Waals surface area contributed by atoms with Crippen molar-refractivity contribution in [3.05, 3.63) is 22.2 Å². The average molecular weight is 248 g/mol. The van der Waals surface area contributed by atoms with Crippen LogP contribution < -0.4 is 10.5 Å². The molecule has 9 heteroatoms. The van der Waals surface area contributed by atoms with E-state index in [0.29, 0.717) is 6.07 Å². The zero-order valence-electron chi connectivity index (χ0n) is 8.08. The van der Waals surface area contributed by atoms with Crippen molar-refractivity contribution < 1.29 is 22.6 Å². The van der Waals surface area contributed by atoms with Crippen LogP contribution in [0.25, 0.3) is 0 Å². The van der Waals surface area contributed by atoms with Gasteiger partial charge in [-0.1, -0.05) is 0 Å². The molecule has 0 spiro atoms. The van der Waals surface area contributed by atoms with E-state index in [1.165, 1.54) is 7.11 Å². The molecule has 0 atom stereocenters. The lowest BCUT2D eigenvalue weighted by molar-refractivity contribution is -0.385. The number of hydrogen-bond acceptors (Lipinski definition) is 6. The Labute approximate surface area is 90.5 Å². The predicted octanol–water partition coefficient (Wildman–Crippen LogP) is 0.432. The summed E-state index contributed by atoms with van der Waals surface area (Å²) in [5.74, 6) is -0.193. The second kappa shape index (κ2) is 3.94. The van der Waals surface area contributed by atoms with Crippen molar-refractivity contribution in [3.8, 4) is 5.75 Å². The fraction of sp³-hybridized carbons (Fsp3) is 0.143. The molecule has 0 aliphatic rings. The van der Waals surface area contributed by atoms with Crippen LogP contribution in [0.5, 0.6) is 5.75 Å². The van der Waals surface area contributed by atoms with E-state index in [-0.39, 0.29) is 11.4 Å². The smallest absolute Gasteiger partial charge is 0.296 e. The monoisotopic (exact) mass is 248 g/mol. The summed E-state index contributed by atoms with van der Waals surface area (Å²) < 4.78 is 35.3. The molecule has 1 rings (SSSR count). The number of hydrogen-bond donors (Lipinski definition) is 2. The first-order valence-electron chi connectivity index (χ1n) is 3.86. The van der Waals surface area contributed by atoms with Gasteiger partial charge in [0.1, 0.15) is 10.6 Å². The van der Waals surface area contributed by atoms with Crippen LogP contribution in [-0.4, -0.2) is 25.0 Å². The molecule has 0 fully saturated rings. The fourth-order valence-electron chi connectivity index (χ4n) is 1.07. The van der Waals surface area contributed by atoms with Crippen molar-refractivity contribution in [2.45, 2.75) is 4.90 Å². The molecule has 0 aliphatic carbocycles. The van der Waals surface area contributed by atoms with Crippen LogP contribution in [-0.2, 0) is 10.1 Å². The summed E-state index contributed by atoms with van der Waals surface area (Å²) in [6, 6.07) is 1.62. The lowest BCUT2D eigenvalue weighted by Gasteiger charge is -2.07. The summed E-state index contributed by atoms with van der Waals surface area (Å²) in [4.78, 5) is 8.92. The van der Waals surface area contributed by atoms with Gasteiger partial charge in [-0.3, -0.25) is 14.7 Å². The maximum absolute atomic E-state index is 10.9. The first-order chi connectivity index (χ1) is 7.27. The quantitative estimate of drug-likeness (QED) is 0.343. The van der Waals surface area contributed by atoms with Crippen molar-refractivity contribution >= 4 is 21.5 Å². The number of benzene rings is 1. The zero-order valence-corrected chi connectivity index (χ0v) is 8.89. The number of non-ortho nitro benzene ring substituents is 1. The molecule has 88 valence electrons. The third-order valence-electron chi connectivity index (χ3n) is 1.80. The van der Waals surface area contributed by atoms with Crippen LogP contribution in [0.4, 0.5) is 11.4 Å². The Morgan fingerprint density at radius 2 is 2.06 bits per heavy atom. The number of anilines is 1. The van der Waals surface area contributed by atoms with Crippen LogP contribution >= 0.6 is 0 Å². The summed E-state index contributed by atoms with van der Waals surface area (Å²) in [5.41, 5.74) is 4.44. The van der Waals surface area contributed by atoms with Crippen LogP contribution in [0.2, 0.25) is 0 Å². The van der Waals surface area contributed by atoms with Crippen LogP contribution in [0.3, 0.4) is 0 Å². The second-order valence-corrected chi connectivity index (χ2v) is 4.18. The number of ether oxygens (including phenoxy) is 1. The van der Waals surface area contributed by atoms with E-state index in [0.717, 1.165) is 6.07 Å². The van der Waals surface area contributed by atoms with Gasteiger partial charge in [0.15, 0.2) is 0 Å². The Morgan fingerprint density at radius 1 is 1.50 bits per heavy atom. The summed E-state index contributed by atoms with van der Waals surface area (Å²) in [6.07, 6.45) is 0. The number of nitrogens with two attached hydrogens (primary N) is 1. The van der Waals surface area contributed by atoms with E-state index in [9.17, 15) is 18.5 Å². The third kappa shape index (κ3) is 2.20. The lowest BCUT2D eigenvalue weighted by atomic mass is 10.2. The van der Waals surface area contributed by atoms with Crippen molar-refractivity contribution in [1.82, 2.24) is 0 Å². The number of nitro groups is 1. The van der Waals surface area contributed by atoms with Gasteiger partial charge in [0.25, 0.3) is 15.8 Å². The van der Waals surface area contributed by atoms with Gasteiger partial charge in [0.05, 0.1) is 23.8 Å². The van der Waals surface area contributed by atoms with Gasteiger partial charge in [-0.05, 0) is 0 Å². The van der Waals surface area contributed by atoms with Crippen LogP contribution in [0.15, 0.2) is 17.0 Å². The van der Waals surface area contributed by atoms with E-state index in [2.05, 4.69) is 4.74 Å². The maximum atomic E-state index is 10.9. The highest BCUT2D eigenvalue weighted by Gasteiger charge is 2.22. The number of nitrogen functional groups attached to an aromatic ring is 1. The summed E-state index contributed by atoms with van der Waals surface area (Å²) in [6.45, 7) is 0. The second-order valence-electron chi connectivity index (χ2n) is 2.79. The number of nitro benzene ring substituents is 1. The van der Waals surface area contributed by atoms with Crippen molar-refractivity contribution in [2.75, 3.05) is 12.8 Å². The molecule has 0 unspecified atom stereocenters. The van der Waals surface area contributed by atoms with Gasteiger partial charge in [-0.2, -0.15) is 8.42 Å². The highest BCUT2D eigenvalue weighted by Crippen LogP contribution is 2.33. The molecular formula is C7H8N2O6S. The Kier molecular flexibility index (Phi) is 3.01. The van der Waals surface area contributed by atoms with E-state index in [1.54, 1.807) is 0 Å².